The maximum Gasteiger partial charge on any atom is 3.00 e. The Hall–Kier alpha value is -1.48. The fourth-order valence-corrected chi connectivity index (χ4v) is 4.46. The van der Waals surface area contributed by atoms with E-state index >= 15 is 0 Å². The molecule has 0 saturated carbocycles. The van der Waals surface area contributed by atoms with Gasteiger partial charge in [0.15, 0.2) is 0 Å². The molecule has 0 bridgehead atoms. The Balaban J connectivity index is 0.000000455. The molecule has 0 aliphatic carbocycles. The molecule has 0 saturated heterocycles. The van der Waals surface area contributed by atoms with Gasteiger partial charge in [0.25, 0.3) is 0 Å². The Morgan fingerprint density at radius 1 is 0.750 bits per heavy atom. The summed E-state index contributed by atoms with van der Waals surface area (Å²) in [6, 6.07) is 15.4. The van der Waals surface area contributed by atoms with Gasteiger partial charge in [-0.25, -0.2) is 0 Å². The molecule has 172 valence electrons. The summed E-state index contributed by atoms with van der Waals surface area (Å²) in [5.41, 5.74) is 14.2. The van der Waals surface area contributed by atoms with Crippen molar-refractivity contribution in [3.63, 3.8) is 0 Å². The van der Waals surface area contributed by atoms with Gasteiger partial charge in [-0.2, -0.15) is 74.3 Å². The SMILES string of the molecule is CN(C)c1ccccc1[CH-][Si](C)C.Cc1c[c-](C)c(C)c1C.Cc1c[c-](C)c(C)c1C.[Ti+3]. The van der Waals surface area contributed by atoms with Crippen LogP contribution in [0.2, 0.25) is 13.1 Å². The molecule has 3 heteroatoms. The van der Waals surface area contributed by atoms with E-state index in [9.17, 15) is 0 Å². The van der Waals surface area contributed by atoms with Gasteiger partial charge in [-0.05, 0) is 22.9 Å². The van der Waals surface area contributed by atoms with Crippen LogP contribution in [0.1, 0.15) is 50.1 Å². The molecule has 2 radical (unpaired) electrons. The summed E-state index contributed by atoms with van der Waals surface area (Å²) in [4.78, 5) is 2.16. The summed E-state index contributed by atoms with van der Waals surface area (Å²) in [6.07, 6.45) is 0. The van der Waals surface area contributed by atoms with Crippen molar-refractivity contribution in [1.82, 2.24) is 0 Å². The Bertz CT molecular complexity index is 865. The second-order valence-electron chi connectivity index (χ2n) is 9.20. The Morgan fingerprint density at radius 3 is 1.41 bits per heavy atom. The minimum atomic E-state index is -0.294. The number of hydrogen-bond donors (Lipinski definition) is 0. The molecule has 3 rings (SSSR count). The van der Waals surface area contributed by atoms with Crippen molar-refractivity contribution in [2.75, 3.05) is 19.0 Å². The quantitative estimate of drug-likeness (QED) is 0.272. The number of para-hydroxylation sites is 1. The molecule has 0 unspecified atom stereocenters. The summed E-state index contributed by atoms with van der Waals surface area (Å²) in [5.74, 6) is 0. The van der Waals surface area contributed by atoms with Crippen LogP contribution >= 0.6 is 0 Å². The molecule has 0 aliphatic heterocycles. The van der Waals surface area contributed by atoms with E-state index < -0.39 is 0 Å². The molecule has 0 aromatic heterocycles. The molecule has 0 amide bonds. The maximum atomic E-state index is 2.39. The van der Waals surface area contributed by atoms with E-state index in [0.717, 1.165) is 0 Å². The van der Waals surface area contributed by atoms with Crippen LogP contribution in [0.4, 0.5) is 5.69 Å². The molecule has 0 atom stereocenters. The third-order valence-electron chi connectivity index (χ3n) is 6.22. The van der Waals surface area contributed by atoms with Gasteiger partial charge >= 0.3 is 21.7 Å². The van der Waals surface area contributed by atoms with Crippen molar-refractivity contribution in [2.45, 2.75) is 68.5 Å². The van der Waals surface area contributed by atoms with Gasteiger partial charge in [-0.15, -0.1) is 6.07 Å². The van der Waals surface area contributed by atoms with E-state index in [1.807, 2.05) is 0 Å². The predicted octanol–water partition coefficient (Wildman–Crippen LogP) is 7.87. The van der Waals surface area contributed by atoms with Gasteiger partial charge in [-0.1, -0.05) is 86.3 Å². The molecule has 32 heavy (non-hydrogen) atoms. The van der Waals surface area contributed by atoms with Crippen molar-refractivity contribution < 1.29 is 21.7 Å². The van der Waals surface area contributed by atoms with E-state index in [0.29, 0.717) is 0 Å². The van der Waals surface area contributed by atoms with Crippen LogP contribution in [0.5, 0.6) is 0 Å². The fraction of sp³-hybridized carbons (Fsp3) is 0.414. The molecule has 0 heterocycles. The Labute approximate surface area is 215 Å². The monoisotopic (exact) mass is 481 g/mol. The van der Waals surface area contributed by atoms with Crippen molar-refractivity contribution in [2.24, 2.45) is 0 Å². The Kier molecular flexibility index (Phi) is 13.3. The van der Waals surface area contributed by atoms with Gasteiger partial charge in [0.1, 0.15) is 0 Å². The summed E-state index contributed by atoms with van der Waals surface area (Å²) >= 11 is 0. The molecule has 1 nitrogen and oxygen atoms in total. The van der Waals surface area contributed by atoms with Crippen LogP contribution in [0, 0.1) is 61.4 Å². The first-order chi connectivity index (χ1) is 14.4. The van der Waals surface area contributed by atoms with Crippen molar-refractivity contribution in [3.05, 3.63) is 92.5 Å². The minimum Gasteiger partial charge on any atom is -0.428 e. The zero-order valence-corrected chi connectivity index (χ0v) is 25.1. The first-order valence-corrected chi connectivity index (χ1v) is 13.8. The summed E-state index contributed by atoms with van der Waals surface area (Å²) < 4.78 is 0. The molecular formula is C29H43NSiTi. The van der Waals surface area contributed by atoms with Gasteiger partial charge in [0.2, 0.25) is 0 Å². The zero-order chi connectivity index (χ0) is 23.9. The Morgan fingerprint density at radius 2 is 1.16 bits per heavy atom. The van der Waals surface area contributed by atoms with Gasteiger partial charge < -0.3 is 4.90 Å². The molecule has 0 spiro atoms. The van der Waals surface area contributed by atoms with E-state index in [2.05, 4.69) is 130 Å². The average Bonchev–Trinajstić information content (AvgIpc) is 3.05. The van der Waals surface area contributed by atoms with Crippen molar-refractivity contribution >= 4 is 14.5 Å². The van der Waals surface area contributed by atoms with E-state index in [1.54, 1.807) is 0 Å². The van der Waals surface area contributed by atoms with Crippen LogP contribution in [0.3, 0.4) is 0 Å². The standard InChI is InChI=1S/C11H17NSi.2C9H13.Ti/c1-12(2)11-8-6-5-7-10(11)9-13(3)4;2*1-6-5-7(2)9(4)8(6)3;/h5-9H,1-4H3;2*5H,1-4H3;/q3*-1;+3. The molecule has 3 aromatic rings. The van der Waals surface area contributed by atoms with E-state index in [1.165, 1.54) is 55.8 Å². The summed E-state index contributed by atoms with van der Waals surface area (Å²) in [6.45, 7) is 22.0. The first-order valence-electron chi connectivity index (χ1n) is 11.2. The average molecular weight is 482 g/mol. The van der Waals surface area contributed by atoms with Gasteiger partial charge in [0, 0.05) is 0 Å². The first kappa shape index (κ1) is 30.5. The van der Waals surface area contributed by atoms with Crippen LogP contribution in [-0.4, -0.2) is 22.9 Å². The number of aryl methyl sites for hydroxylation is 4. The molecule has 0 fully saturated rings. The second-order valence-corrected chi connectivity index (χ2v) is 11.6. The van der Waals surface area contributed by atoms with Crippen LogP contribution < -0.4 is 4.90 Å². The molecule has 3 aromatic carbocycles. The summed E-state index contributed by atoms with van der Waals surface area (Å²) in [7, 11) is 3.88. The summed E-state index contributed by atoms with van der Waals surface area (Å²) in [5, 5.41) is 0. The number of anilines is 1. The molecule has 0 aliphatic rings. The normalized spacial score (nSPS) is 9.91. The van der Waals surface area contributed by atoms with E-state index in [-0.39, 0.29) is 30.5 Å². The molecular weight excluding hydrogens is 438 g/mol. The number of benzene rings is 1. The fourth-order valence-electron chi connectivity index (χ4n) is 3.59. The number of hydrogen-bond acceptors (Lipinski definition) is 1. The minimum absolute atomic E-state index is 0. The zero-order valence-electron chi connectivity index (χ0n) is 22.5. The van der Waals surface area contributed by atoms with E-state index in [4.69, 9.17) is 0 Å². The number of rotatable bonds is 3. The predicted molar refractivity (Wildman–Crippen MR) is 144 cm³/mol. The second kappa shape index (κ2) is 13.9. The smallest absolute Gasteiger partial charge is 0.428 e. The topological polar surface area (TPSA) is 3.24 Å². The van der Waals surface area contributed by atoms with Crippen molar-refractivity contribution in [1.29, 1.82) is 0 Å². The van der Waals surface area contributed by atoms with Crippen LogP contribution in [-0.2, 0) is 21.7 Å². The van der Waals surface area contributed by atoms with Crippen LogP contribution in [0.25, 0.3) is 0 Å². The number of nitrogens with zero attached hydrogens (tertiary/aromatic N) is 1. The third-order valence-corrected chi connectivity index (χ3v) is 7.11. The molecule has 0 N–H and O–H groups in total. The van der Waals surface area contributed by atoms with Gasteiger partial charge in [-0.3, -0.25) is 0 Å². The van der Waals surface area contributed by atoms with Crippen LogP contribution in [0.15, 0.2) is 36.4 Å². The van der Waals surface area contributed by atoms with Gasteiger partial charge in [0.05, 0.1) is 0 Å². The third kappa shape index (κ3) is 8.81. The van der Waals surface area contributed by atoms with Crippen molar-refractivity contribution in [3.8, 4) is 0 Å². The largest absolute Gasteiger partial charge is 3.00 e. The maximum absolute atomic E-state index is 2.39.